The van der Waals surface area contributed by atoms with Crippen molar-refractivity contribution in [3.8, 4) is 0 Å². The van der Waals surface area contributed by atoms with E-state index in [1.54, 1.807) is 6.07 Å². The Balaban J connectivity index is 2.98. The van der Waals surface area contributed by atoms with Gasteiger partial charge in [0, 0.05) is 6.04 Å². The van der Waals surface area contributed by atoms with Crippen molar-refractivity contribution in [1.82, 2.24) is 5.32 Å². The molecule has 0 spiro atoms. The van der Waals surface area contributed by atoms with Crippen molar-refractivity contribution in [2.75, 3.05) is 12.3 Å². The molecule has 0 radical (unpaired) electrons. The third-order valence-corrected chi connectivity index (χ3v) is 5.17. The highest BCUT2D eigenvalue weighted by atomic mass is 32.2. The number of nitrogens with one attached hydrogen (secondary N) is 1. The number of benzene rings is 1. The first kappa shape index (κ1) is 16.1. The third kappa shape index (κ3) is 4.28. The van der Waals surface area contributed by atoms with Gasteiger partial charge in [-0.1, -0.05) is 39.3 Å². The Kier molecular flexibility index (Phi) is 5.94. The van der Waals surface area contributed by atoms with Crippen molar-refractivity contribution in [2.45, 2.75) is 38.1 Å². The van der Waals surface area contributed by atoms with Crippen molar-refractivity contribution >= 4 is 9.84 Å². The summed E-state index contributed by atoms with van der Waals surface area (Å²) in [5.41, 5.74) is 0. The smallest absolute Gasteiger partial charge is 0.182 e. The van der Waals surface area contributed by atoms with Crippen LogP contribution in [0.5, 0.6) is 0 Å². The standard InChI is InChI=1S/C14H22FNO2S/c1-4-11(3)13(16-5-2)10-19(17,18)14-9-7-6-8-12(14)15/h6-9,11,13,16H,4-5,10H2,1-3H3. The molecule has 1 N–H and O–H groups in total. The predicted octanol–water partition coefficient (Wildman–Crippen LogP) is 2.62. The molecule has 1 aromatic carbocycles. The van der Waals surface area contributed by atoms with E-state index in [0.717, 1.165) is 6.42 Å². The van der Waals surface area contributed by atoms with Gasteiger partial charge in [0.2, 0.25) is 0 Å². The van der Waals surface area contributed by atoms with E-state index in [9.17, 15) is 12.8 Å². The molecular formula is C14H22FNO2S. The van der Waals surface area contributed by atoms with Crippen LogP contribution >= 0.6 is 0 Å². The molecule has 5 heteroatoms. The first-order chi connectivity index (χ1) is 8.92. The van der Waals surface area contributed by atoms with Gasteiger partial charge in [-0.05, 0) is 24.6 Å². The SMILES string of the molecule is CCNC(CS(=O)(=O)c1ccccc1F)C(C)CC. The summed E-state index contributed by atoms with van der Waals surface area (Å²) in [6.07, 6.45) is 0.879. The van der Waals surface area contributed by atoms with Crippen LogP contribution in [0.2, 0.25) is 0 Å². The fraction of sp³-hybridized carbons (Fsp3) is 0.571. The zero-order valence-corrected chi connectivity index (χ0v) is 12.5. The van der Waals surface area contributed by atoms with E-state index in [1.165, 1.54) is 18.2 Å². The molecule has 0 aromatic heterocycles. The second-order valence-corrected chi connectivity index (χ2v) is 6.76. The Morgan fingerprint density at radius 3 is 2.42 bits per heavy atom. The van der Waals surface area contributed by atoms with Crippen LogP contribution in [0.25, 0.3) is 0 Å². The van der Waals surface area contributed by atoms with Gasteiger partial charge >= 0.3 is 0 Å². The summed E-state index contributed by atoms with van der Waals surface area (Å²) in [6.45, 7) is 6.65. The van der Waals surface area contributed by atoms with E-state index >= 15 is 0 Å². The first-order valence-corrected chi connectivity index (χ1v) is 8.28. The Hall–Kier alpha value is -0.940. The minimum atomic E-state index is -3.60. The lowest BCUT2D eigenvalue weighted by Crippen LogP contribution is -2.40. The molecule has 0 amide bonds. The van der Waals surface area contributed by atoms with Crippen LogP contribution in [0, 0.1) is 11.7 Å². The fourth-order valence-electron chi connectivity index (χ4n) is 1.99. The maximum Gasteiger partial charge on any atom is 0.182 e. The van der Waals surface area contributed by atoms with E-state index < -0.39 is 15.7 Å². The Morgan fingerprint density at radius 2 is 1.89 bits per heavy atom. The Bertz CT molecular complexity index is 502. The van der Waals surface area contributed by atoms with Gasteiger partial charge in [-0.2, -0.15) is 0 Å². The van der Waals surface area contributed by atoms with Gasteiger partial charge in [0.05, 0.1) is 5.75 Å². The van der Waals surface area contributed by atoms with Crippen LogP contribution in [-0.4, -0.2) is 26.8 Å². The van der Waals surface area contributed by atoms with E-state index in [4.69, 9.17) is 0 Å². The minimum Gasteiger partial charge on any atom is -0.313 e. The van der Waals surface area contributed by atoms with Gasteiger partial charge < -0.3 is 5.32 Å². The number of hydrogen-bond acceptors (Lipinski definition) is 3. The average Bonchev–Trinajstić information content (AvgIpc) is 2.37. The molecule has 0 aliphatic carbocycles. The van der Waals surface area contributed by atoms with Crippen molar-refractivity contribution in [2.24, 2.45) is 5.92 Å². The van der Waals surface area contributed by atoms with Crippen molar-refractivity contribution < 1.29 is 12.8 Å². The first-order valence-electron chi connectivity index (χ1n) is 6.63. The summed E-state index contributed by atoms with van der Waals surface area (Å²) in [4.78, 5) is -0.207. The summed E-state index contributed by atoms with van der Waals surface area (Å²) in [6, 6.07) is 5.38. The van der Waals surface area contributed by atoms with Crippen LogP contribution in [0.15, 0.2) is 29.2 Å². The van der Waals surface area contributed by atoms with Crippen LogP contribution in [0.4, 0.5) is 4.39 Å². The van der Waals surface area contributed by atoms with Gasteiger partial charge in [-0.15, -0.1) is 0 Å². The summed E-state index contributed by atoms with van der Waals surface area (Å²) in [7, 11) is -3.60. The monoisotopic (exact) mass is 287 g/mol. The summed E-state index contributed by atoms with van der Waals surface area (Å²) >= 11 is 0. The van der Waals surface area contributed by atoms with Gasteiger partial charge in [-0.25, -0.2) is 12.8 Å². The van der Waals surface area contributed by atoms with Crippen molar-refractivity contribution in [1.29, 1.82) is 0 Å². The van der Waals surface area contributed by atoms with Crippen LogP contribution in [0.1, 0.15) is 27.2 Å². The number of sulfone groups is 1. The lowest BCUT2D eigenvalue weighted by atomic mass is 10.0. The van der Waals surface area contributed by atoms with E-state index in [2.05, 4.69) is 5.32 Å². The highest BCUT2D eigenvalue weighted by molar-refractivity contribution is 7.91. The number of rotatable bonds is 7. The van der Waals surface area contributed by atoms with Crippen molar-refractivity contribution in [3.63, 3.8) is 0 Å². The molecule has 0 saturated heterocycles. The van der Waals surface area contributed by atoms with E-state index in [0.29, 0.717) is 6.54 Å². The summed E-state index contributed by atoms with van der Waals surface area (Å²) in [5, 5.41) is 3.18. The largest absolute Gasteiger partial charge is 0.313 e. The quantitative estimate of drug-likeness (QED) is 0.838. The van der Waals surface area contributed by atoms with E-state index in [1.807, 2.05) is 20.8 Å². The van der Waals surface area contributed by atoms with Crippen LogP contribution in [-0.2, 0) is 9.84 Å². The molecule has 2 unspecified atom stereocenters. The highest BCUT2D eigenvalue weighted by Gasteiger charge is 2.26. The maximum atomic E-state index is 13.6. The van der Waals surface area contributed by atoms with Crippen LogP contribution < -0.4 is 5.32 Å². The molecule has 19 heavy (non-hydrogen) atoms. The second-order valence-electron chi connectivity index (χ2n) is 4.76. The van der Waals surface area contributed by atoms with Gasteiger partial charge in [0.25, 0.3) is 0 Å². The second kappa shape index (κ2) is 7.01. The Labute approximate surface area is 115 Å². The molecule has 0 fully saturated rings. The molecule has 2 atom stereocenters. The van der Waals surface area contributed by atoms with Crippen LogP contribution in [0.3, 0.4) is 0 Å². The molecule has 3 nitrogen and oxygen atoms in total. The number of hydrogen-bond donors (Lipinski definition) is 1. The fourth-order valence-corrected chi connectivity index (χ4v) is 3.74. The summed E-state index contributed by atoms with van der Waals surface area (Å²) < 4.78 is 38.2. The average molecular weight is 287 g/mol. The molecule has 1 aromatic rings. The molecule has 108 valence electrons. The topological polar surface area (TPSA) is 46.2 Å². The third-order valence-electron chi connectivity index (χ3n) is 3.37. The summed E-state index contributed by atoms with van der Waals surface area (Å²) in [5.74, 6) is -0.528. The zero-order chi connectivity index (χ0) is 14.5. The number of halogens is 1. The predicted molar refractivity (Wildman–Crippen MR) is 75.4 cm³/mol. The van der Waals surface area contributed by atoms with Gasteiger partial charge in [-0.3, -0.25) is 0 Å². The molecule has 0 bridgehead atoms. The molecule has 0 aliphatic rings. The lowest BCUT2D eigenvalue weighted by molar-refractivity contribution is 0.397. The molecule has 1 rings (SSSR count). The maximum absolute atomic E-state index is 13.6. The zero-order valence-electron chi connectivity index (χ0n) is 11.7. The normalized spacial score (nSPS) is 15.2. The molecular weight excluding hydrogens is 265 g/mol. The highest BCUT2D eigenvalue weighted by Crippen LogP contribution is 2.19. The van der Waals surface area contributed by atoms with Crippen molar-refractivity contribution in [3.05, 3.63) is 30.1 Å². The molecule has 0 heterocycles. The van der Waals surface area contributed by atoms with Gasteiger partial charge in [0.15, 0.2) is 9.84 Å². The minimum absolute atomic E-state index is 0.0726. The Morgan fingerprint density at radius 1 is 1.26 bits per heavy atom. The lowest BCUT2D eigenvalue weighted by Gasteiger charge is -2.23. The van der Waals surface area contributed by atoms with E-state index in [-0.39, 0.29) is 22.6 Å². The molecule has 0 saturated carbocycles. The molecule has 0 aliphatic heterocycles. The van der Waals surface area contributed by atoms with Gasteiger partial charge in [0.1, 0.15) is 10.7 Å².